The van der Waals surface area contributed by atoms with Gasteiger partial charge in [-0.25, -0.2) is 8.42 Å². The molecule has 0 N–H and O–H groups in total. The summed E-state index contributed by atoms with van der Waals surface area (Å²) >= 11 is 0. The molecule has 0 spiro atoms. The minimum atomic E-state index is -3.58. The zero-order valence-corrected chi connectivity index (χ0v) is 20.2. The average molecular weight is 441 g/mol. The first kappa shape index (κ1) is 23.7. The molecule has 31 heavy (non-hydrogen) atoms. The highest BCUT2D eigenvalue weighted by Crippen LogP contribution is 2.37. The molecule has 3 rings (SSSR count). The molecular weight excluding hydrogens is 404 g/mol. The highest BCUT2D eigenvalue weighted by Gasteiger charge is 2.44. The number of nitrogens with zero attached hydrogens (tertiary/aromatic N) is 2. The second-order valence-corrected chi connectivity index (χ2v) is 11.4. The van der Waals surface area contributed by atoms with E-state index in [0.29, 0.717) is 29.2 Å². The largest absolute Gasteiger partial charge is 0.287 e. The number of hydrogen-bond acceptors (Lipinski definition) is 3. The molecule has 0 amide bonds. The van der Waals surface area contributed by atoms with Crippen LogP contribution in [0.15, 0.2) is 64.5 Å². The fourth-order valence-corrected chi connectivity index (χ4v) is 6.27. The summed E-state index contributed by atoms with van der Waals surface area (Å²) in [4.78, 5) is 5.41. The van der Waals surface area contributed by atoms with Crippen LogP contribution in [0.25, 0.3) is 0 Å². The van der Waals surface area contributed by atoms with E-state index < -0.39 is 10.0 Å². The Morgan fingerprint density at radius 3 is 2.26 bits per heavy atom. The van der Waals surface area contributed by atoms with Crippen LogP contribution < -0.4 is 0 Å². The van der Waals surface area contributed by atoms with Gasteiger partial charge in [0.25, 0.3) is 0 Å². The molecule has 3 atom stereocenters. The van der Waals surface area contributed by atoms with Gasteiger partial charge in [-0.15, -0.1) is 0 Å². The lowest BCUT2D eigenvalue weighted by Crippen LogP contribution is -2.55. The van der Waals surface area contributed by atoms with E-state index in [-0.39, 0.29) is 12.1 Å². The lowest BCUT2D eigenvalue weighted by Gasteiger charge is -2.45. The van der Waals surface area contributed by atoms with Gasteiger partial charge in [-0.3, -0.25) is 4.99 Å². The zero-order chi connectivity index (χ0) is 22.6. The molecule has 0 aromatic heterocycles. The molecule has 1 heterocycles. The molecule has 1 aliphatic rings. The fraction of sp³-hybridized carbons (Fsp3) is 0.500. The van der Waals surface area contributed by atoms with E-state index in [1.165, 1.54) is 0 Å². The highest BCUT2D eigenvalue weighted by atomic mass is 32.2. The number of benzene rings is 2. The van der Waals surface area contributed by atoms with Gasteiger partial charge in [0.15, 0.2) is 0 Å². The summed E-state index contributed by atoms with van der Waals surface area (Å²) in [6.07, 6.45) is 3.55. The number of rotatable bonds is 7. The molecule has 0 saturated carbocycles. The van der Waals surface area contributed by atoms with Crippen molar-refractivity contribution < 1.29 is 8.42 Å². The van der Waals surface area contributed by atoms with E-state index >= 15 is 0 Å². The van der Waals surface area contributed by atoms with Crippen LogP contribution in [-0.4, -0.2) is 37.6 Å². The highest BCUT2D eigenvalue weighted by molar-refractivity contribution is 7.89. The molecular formula is C26H36N2O2S. The van der Waals surface area contributed by atoms with Crippen LogP contribution in [0.2, 0.25) is 0 Å². The molecule has 0 radical (unpaired) electrons. The third-order valence-electron chi connectivity index (χ3n) is 6.28. The lowest BCUT2D eigenvalue weighted by molar-refractivity contribution is 0.120. The number of hydrogen-bond donors (Lipinski definition) is 0. The first-order valence-corrected chi connectivity index (χ1v) is 12.8. The maximum absolute atomic E-state index is 13.7. The van der Waals surface area contributed by atoms with Gasteiger partial charge in [-0.05, 0) is 55.2 Å². The Bertz CT molecular complexity index is 966. The molecule has 4 nitrogen and oxygen atoms in total. The van der Waals surface area contributed by atoms with Crippen LogP contribution in [0.3, 0.4) is 0 Å². The van der Waals surface area contributed by atoms with Gasteiger partial charge in [0.05, 0.1) is 10.9 Å². The van der Waals surface area contributed by atoms with Crippen LogP contribution in [0.5, 0.6) is 0 Å². The van der Waals surface area contributed by atoms with Gasteiger partial charge in [0, 0.05) is 18.8 Å². The summed E-state index contributed by atoms with van der Waals surface area (Å²) in [6.45, 7) is 11.3. The van der Waals surface area contributed by atoms with Gasteiger partial charge in [0.1, 0.15) is 0 Å². The van der Waals surface area contributed by atoms with E-state index in [9.17, 15) is 8.42 Å². The number of aliphatic imine (C=N–C) groups is 1. The Kier molecular flexibility index (Phi) is 7.71. The van der Waals surface area contributed by atoms with Gasteiger partial charge in [-0.1, -0.05) is 75.7 Å². The van der Waals surface area contributed by atoms with Crippen molar-refractivity contribution in [1.29, 1.82) is 0 Å². The predicted molar refractivity (Wildman–Crippen MR) is 129 cm³/mol. The van der Waals surface area contributed by atoms with Crippen molar-refractivity contribution in [2.75, 3.05) is 6.54 Å². The van der Waals surface area contributed by atoms with Gasteiger partial charge in [0.2, 0.25) is 10.0 Å². The van der Waals surface area contributed by atoms with E-state index in [2.05, 4.69) is 27.7 Å². The summed E-state index contributed by atoms with van der Waals surface area (Å²) in [5, 5.41) is 0. The average Bonchev–Trinajstić information content (AvgIpc) is 2.73. The van der Waals surface area contributed by atoms with Crippen molar-refractivity contribution in [1.82, 2.24) is 4.31 Å². The lowest BCUT2D eigenvalue weighted by atomic mass is 9.77. The molecule has 1 aliphatic heterocycles. The van der Waals surface area contributed by atoms with Crippen LogP contribution >= 0.6 is 0 Å². The van der Waals surface area contributed by atoms with Crippen LogP contribution in [0, 0.1) is 24.7 Å². The maximum atomic E-state index is 13.7. The molecule has 0 unspecified atom stereocenters. The van der Waals surface area contributed by atoms with E-state index in [0.717, 1.165) is 24.0 Å². The van der Waals surface area contributed by atoms with Crippen molar-refractivity contribution >= 4 is 16.2 Å². The summed E-state index contributed by atoms with van der Waals surface area (Å²) in [5.41, 5.74) is 2.10. The monoisotopic (exact) mass is 440 g/mol. The van der Waals surface area contributed by atoms with Crippen molar-refractivity contribution in [3.05, 3.63) is 65.7 Å². The minimum Gasteiger partial charge on any atom is -0.287 e. The second-order valence-electron chi connectivity index (χ2n) is 9.50. The summed E-state index contributed by atoms with van der Waals surface area (Å²) < 4.78 is 29.1. The third-order valence-corrected chi connectivity index (χ3v) is 8.22. The van der Waals surface area contributed by atoms with Crippen molar-refractivity contribution in [3.63, 3.8) is 0 Å². The summed E-state index contributed by atoms with van der Waals surface area (Å²) in [6, 6.07) is 17.1. The smallest absolute Gasteiger partial charge is 0.243 e. The zero-order valence-electron chi connectivity index (χ0n) is 19.4. The minimum absolute atomic E-state index is 0.0587. The number of piperidine rings is 1. The Balaban J connectivity index is 2.01. The SMILES string of the molecule is Cc1ccc(S(=O)(=O)N2CC[C@H](C(C)C)[C@H](N=Cc3ccccc3)[C@H]2CC(C)C)cc1. The molecule has 2 aromatic carbocycles. The fourth-order valence-electron chi connectivity index (χ4n) is 4.60. The standard InChI is InChI=1S/C26H36N2O2S/c1-19(2)17-25-26(27-18-22-9-7-6-8-10-22)24(20(3)4)15-16-28(25)31(29,30)23-13-11-21(5)12-14-23/h6-14,18-20,24-26H,15-17H2,1-5H3/t24-,25-,26+/m1/s1. The van der Waals surface area contributed by atoms with Crippen molar-refractivity contribution in [2.45, 2.75) is 64.4 Å². The quantitative estimate of drug-likeness (QED) is 0.529. The second kappa shape index (κ2) is 10.1. The molecule has 1 saturated heterocycles. The van der Waals surface area contributed by atoms with Crippen LogP contribution in [-0.2, 0) is 10.0 Å². The number of aryl methyl sites for hydroxylation is 1. The summed E-state index contributed by atoms with van der Waals surface area (Å²) in [7, 11) is -3.58. The first-order valence-electron chi connectivity index (χ1n) is 11.4. The Labute approximate surface area is 188 Å². The van der Waals surface area contributed by atoms with Gasteiger partial charge < -0.3 is 0 Å². The van der Waals surface area contributed by atoms with Crippen molar-refractivity contribution in [3.8, 4) is 0 Å². The normalized spacial score (nSPS) is 23.1. The molecule has 0 aliphatic carbocycles. The van der Waals surface area contributed by atoms with Crippen LogP contribution in [0.1, 0.15) is 51.7 Å². The molecule has 0 bridgehead atoms. The Morgan fingerprint density at radius 1 is 1.03 bits per heavy atom. The Morgan fingerprint density at radius 2 is 1.68 bits per heavy atom. The maximum Gasteiger partial charge on any atom is 0.243 e. The molecule has 168 valence electrons. The topological polar surface area (TPSA) is 49.7 Å². The van der Waals surface area contributed by atoms with E-state index in [4.69, 9.17) is 4.99 Å². The molecule has 5 heteroatoms. The summed E-state index contributed by atoms with van der Waals surface area (Å²) in [5.74, 6) is 1.17. The third kappa shape index (κ3) is 5.64. The van der Waals surface area contributed by atoms with Crippen molar-refractivity contribution in [2.24, 2.45) is 22.7 Å². The van der Waals surface area contributed by atoms with E-state index in [1.807, 2.05) is 55.6 Å². The van der Waals surface area contributed by atoms with E-state index in [1.54, 1.807) is 16.4 Å². The van der Waals surface area contributed by atoms with Gasteiger partial charge >= 0.3 is 0 Å². The van der Waals surface area contributed by atoms with Gasteiger partial charge in [-0.2, -0.15) is 4.31 Å². The first-order chi connectivity index (χ1) is 14.7. The van der Waals surface area contributed by atoms with Crippen LogP contribution in [0.4, 0.5) is 0 Å². The Hall–Kier alpha value is -1.98. The molecule has 1 fully saturated rings. The molecule has 2 aromatic rings. The predicted octanol–water partition coefficient (Wildman–Crippen LogP) is 5.56. The number of sulfonamides is 1.